The third kappa shape index (κ3) is 7.36. The number of carboxylic acid groups (broad SMARTS) is 1. The number of Topliss-reactive ketones (excluding diaryl/α,β-unsaturated/α-hetero) is 1. The molecule has 1 aromatic carbocycles. The number of rotatable bonds is 11. The van der Waals surface area contributed by atoms with Crippen LogP contribution in [0.5, 0.6) is 0 Å². The van der Waals surface area contributed by atoms with Gasteiger partial charge in [0.25, 0.3) is 5.91 Å². The predicted molar refractivity (Wildman–Crippen MR) is 124 cm³/mol. The number of aliphatic hydroxyl groups excluding tert-OH is 2. The molecule has 1 saturated heterocycles. The average molecular weight is 533 g/mol. The summed E-state index contributed by atoms with van der Waals surface area (Å²) in [6.45, 7) is 1.34. The summed E-state index contributed by atoms with van der Waals surface area (Å²) in [6.07, 6.45) is -5.68. The lowest BCUT2D eigenvalue weighted by Crippen LogP contribution is -2.42. The molecule has 0 radical (unpaired) electrons. The monoisotopic (exact) mass is 533 g/mol. The highest BCUT2D eigenvalue weighted by Crippen LogP contribution is 2.33. The lowest BCUT2D eigenvalue weighted by molar-refractivity contribution is -0.191. The fraction of sp³-hybridized carbons (Fsp3) is 0.435. The minimum Gasteiger partial charge on any atom is -0.481 e. The van der Waals surface area contributed by atoms with Crippen molar-refractivity contribution in [3.63, 3.8) is 0 Å². The number of hydrogen-bond acceptors (Lipinski definition) is 11. The van der Waals surface area contributed by atoms with Gasteiger partial charge in [-0.15, -0.1) is 5.10 Å². The Morgan fingerprint density at radius 3 is 2.32 bits per heavy atom. The first kappa shape index (κ1) is 29.9. The standard InChI is InChI=1S/C22H27N5O8.CO2/c1-2-13(28)8-12(9-15(29)30)21(34)24-10-14-18(31)19(32)22(35-14)27-17(11-6-4-3-5-7-11)16(20(23)33)25-26-27;2-1-3/h3-7,12,14,18-19,22,31-32H,2,8-10H2,1H3,(H2,23,33)(H,24,34)(H,29,30);/t12-,14+,18+,19+,22+;/m0./s1. The number of benzene rings is 1. The van der Waals surface area contributed by atoms with Gasteiger partial charge in [0, 0.05) is 24.9 Å². The summed E-state index contributed by atoms with van der Waals surface area (Å²) in [5.74, 6) is -4.12. The molecule has 0 unspecified atom stereocenters. The van der Waals surface area contributed by atoms with Crippen molar-refractivity contribution in [2.75, 3.05) is 6.54 Å². The van der Waals surface area contributed by atoms with Gasteiger partial charge in [0.1, 0.15) is 29.8 Å². The van der Waals surface area contributed by atoms with E-state index in [9.17, 15) is 29.4 Å². The number of aliphatic carboxylic acids is 1. The van der Waals surface area contributed by atoms with E-state index in [1.807, 2.05) is 0 Å². The van der Waals surface area contributed by atoms with E-state index in [4.69, 9.17) is 25.2 Å². The predicted octanol–water partition coefficient (Wildman–Crippen LogP) is -1.34. The van der Waals surface area contributed by atoms with Crippen LogP contribution < -0.4 is 11.1 Å². The SMILES string of the molecule is CCC(=O)C[C@@H](CC(=O)O)C(=O)NC[C@H]1O[C@@H](n2nnc(C(N)=O)c2-c2ccccc2)[C@H](O)[C@@H]1O.O=C=O. The second kappa shape index (κ2) is 13.9. The first-order valence-electron chi connectivity index (χ1n) is 11.4. The third-order valence-corrected chi connectivity index (χ3v) is 5.69. The molecule has 2 amide bonds. The molecule has 1 aromatic heterocycles. The van der Waals surface area contributed by atoms with Crippen LogP contribution in [0.1, 0.15) is 42.9 Å². The molecule has 2 aromatic rings. The van der Waals surface area contributed by atoms with E-state index < -0.39 is 54.7 Å². The number of aliphatic hydroxyl groups is 2. The molecule has 1 aliphatic rings. The van der Waals surface area contributed by atoms with Crippen molar-refractivity contribution in [3.8, 4) is 11.3 Å². The third-order valence-electron chi connectivity index (χ3n) is 5.69. The zero-order chi connectivity index (χ0) is 28.4. The van der Waals surface area contributed by atoms with E-state index >= 15 is 0 Å². The van der Waals surface area contributed by atoms with Crippen LogP contribution in [-0.4, -0.2) is 84.9 Å². The second-order valence-electron chi connectivity index (χ2n) is 8.23. The quantitative estimate of drug-likeness (QED) is 0.225. The van der Waals surface area contributed by atoms with Crippen molar-refractivity contribution in [3.05, 3.63) is 36.0 Å². The molecule has 0 saturated carbocycles. The number of nitrogens with zero attached hydrogens (tertiary/aromatic N) is 3. The molecule has 1 aliphatic heterocycles. The van der Waals surface area contributed by atoms with Gasteiger partial charge in [0.15, 0.2) is 11.9 Å². The molecule has 2 heterocycles. The number of carbonyl (C=O) groups excluding carboxylic acids is 5. The Morgan fingerprint density at radius 2 is 1.76 bits per heavy atom. The molecule has 15 nitrogen and oxygen atoms in total. The van der Waals surface area contributed by atoms with Crippen LogP contribution in [0.15, 0.2) is 30.3 Å². The van der Waals surface area contributed by atoms with E-state index in [-0.39, 0.29) is 42.7 Å². The minimum atomic E-state index is -1.50. The molecule has 5 atom stereocenters. The van der Waals surface area contributed by atoms with Crippen LogP contribution in [-0.2, 0) is 28.7 Å². The van der Waals surface area contributed by atoms with Gasteiger partial charge in [-0.2, -0.15) is 9.59 Å². The topological polar surface area (TPSA) is 241 Å². The van der Waals surface area contributed by atoms with E-state index in [1.54, 1.807) is 37.3 Å². The van der Waals surface area contributed by atoms with E-state index in [0.717, 1.165) is 4.68 Å². The zero-order valence-corrected chi connectivity index (χ0v) is 20.2. The number of amides is 2. The maximum absolute atomic E-state index is 12.5. The van der Waals surface area contributed by atoms with Crippen molar-refractivity contribution < 1.29 is 48.8 Å². The summed E-state index contributed by atoms with van der Waals surface area (Å²) in [7, 11) is 0. The highest BCUT2D eigenvalue weighted by molar-refractivity contribution is 5.96. The normalized spacial score (nSPS) is 20.9. The lowest BCUT2D eigenvalue weighted by Gasteiger charge is -2.19. The zero-order valence-electron chi connectivity index (χ0n) is 20.2. The number of carboxylic acids is 1. The molecule has 1 fully saturated rings. The molecule has 0 spiro atoms. The number of nitrogens with one attached hydrogen (secondary N) is 1. The summed E-state index contributed by atoms with van der Waals surface area (Å²) in [5, 5.41) is 40.4. The van der Waals surface area contributed by atoms with Crippen molar-refractivity contribution in [2.24, 2.45) is 11.7 Å². The van der Waals surface area contributed by atoms with Crippen molar-refractivity contribution >= 4 is 29.7 Å². The Labute approximate surface area is 215 Å². The first-order valence-corrected chi connectivity index (χ1v) is 11.4. The maximum atomic E-state index is 12.5. The van der Waals surface area contributed by atoms with Gasteiger partial charge in [-0.05, 0) is 0 Å². The summed E-state index contributed by atoms with van der Waals surface area (Å²) in [6, 6.07) is 8.55. The smallest absolute Gasteiger partial charge is 0.373 e. The second-order valence-corrected chi connectivity index (χ2v) is 8.23. The number of ketones is 1. The fourth-order valence-electron chi connectivity index (χ4n) is 3.84. The largest absolute Gasteiger partial charge is 0.481 e. The molecule has 3 rings (SSSR count). The van der Waals surface area contributed by atoms with Gasteiger partial charge in [-0.3, -0.25) is 19.2 Å². The summed E-state index contributed by atoms with van der Waals surface area (Å²) in [5.41, 5.74) is 5.96. The molecule has 38 heavy (non-hydrogen) atoms. The maximum Gasteiger partial charge on any atom is 0.373 e. The Morgan fingerprint density at radius 1 is 1.13 bits per heavy atom. The van der Waals surface area contributed by atoms with Crippen LogP contribution in [0.25, 0.3) is 11.3 Å². The van der Waals surface area contributed by atoms with E-state index in [0.29, 0.717) is 5.56 Å². The highest BCUT2D eigenvalue weighted by atomic mass is 16.6. The van der Waals surface area contributed by atoms with Crippen molar-refractivity contribution in [1.29, 1.82) is 0 Å². The first-order chi connectivity index (χ1) is 18.0. The van der Waals surface area contributed by atoms with Crippen LogP contribution in [0.2, 0.25) is 0 Å². The Hall–Kier alpha value is -4.30. The van der Waals surface area contributed by atoms with Gasteiger partial charge in [-0.25, -0.2) is 4.68 Å². The molecule has 0 bridgehead atoms. The number of ether oxygens (including phenoxy) is 1. The van der Waals surface area contributed by atoms with E-state index in [2.05, 4.69) is 15.6 Å². The average Bonchev–Trinajstić information content (AvgIpc) is 3.44. The Kier molecular flexibility index (Phi) is 10.9. The van der Waals surface area contributed by atoms with E-state index in [1.165, 1.54) is 0 Å². The molecular weight excluding hydrogens is 506 g/mol. The minimum absolute atomic E-state index is 0.157. The van der Waals surface area contributed by atoms with Crippen molar-refractivity contribution in [1.82, 2.24) is 20.3 Å². The van der Waals surface area contributed by atoms with Crippen LogP contribution in [0.3, 0.4) is 0 Å². The molecule has 15 heteroatoms. The number of nitrogens with two attached hydrogens (primary N) is 1. The van der Waals surface area contributed by atoms with Gasteiger partial charge in [-0.1, -0.05) is 42.5 Å². The Bertz CT molecular complexity index is 1180. The van der Waals surface area contributed by atoms with Gasteiger partial charge in [0.2, 0.25) is 5.91 Å². The molecule has 0 aliphatic carbocycles. The molecule has 204 valence electrons. The number of carbonyl (C=O) groups is 4. The number of primary amides is 1. The summed E-state index contributed by atoms with van der Waals surface area (Å²) >= 11 is 0. The Balaban J connectivity index is 0.00000161. The number of aromatic nitrogens is 3. The van der Waals surface area contributed by atoms with Crippen LogP contribution >= 0.6 is 0 Å². The van der Waals surface area contributed by atoms with Gasteiger partial charge < -0.3 is 31.1 Å². The lowest BCUT2D eigenvalue weighted by atomic mass is 9.96. The van der Waals surface area contributed by atoms with Crippen molar-refractivity contribution in [2.45, 2.75) is 50.7 Å². The highest BCUT2D eigenvalue weighted by Gasteiger charge is 2.45. The number of hydrogen-bond donors (Lipinski definition) is 5. The molecule has 6 N–H and O–H groups in total. The van der Waals surface area contributed by atoms with Crippen LogP contribution in [0, 0.1) is 5.92 Å². The molecular formula is C23H27N5O10. The fourth-order valence-corrected chi connectivity index (χ4v) is 3.84. The van der Waals surface area contributed by atoms with Crippen LogP contribution in [0.4, 0.5) is 0 Å². The van der Waals surface area contributed by atoms with Gasteiger partial charge >= 0.3 is 12.1 Å². The summed E-state index contributed by atoms with van der Waals surface area (Å²) in [4.78, 5) is 63.5. The van der Waals surface area contributed by atoms with Gasteiger partial charge in [0.05, 0.1) is 12.3 Å². The summed E-state index contributed by atoms with van der Waals surface area (Å²) < 4.78 is 6.89.